The molecule has 3 rings (SSSR count). The van der Waals surface area contributed by atoms with E-state index >= 15 is 0 Å². The minimum Gasteiger partial charge on any atom is -0.506 e. The van der Waals surface area contributed by atoms with Crippen LogP contribution in [-0.2, 0) is 9.53 Å². The number of nitrogens with zero attached hydrogens (tertiary/aromatic N) is 2. The maximum absolute atomic E-state index is 12.5. The van der Waals surface area contributed by atoms with Crippen molar-refractivity contribution in [1.82, 2.24) is 0 Å². The van der Waals surface area contributed by atoms with Crippen LogP contribution in [0.1, 0.15) is 43.9 Å². The second-order valence-electron chi connectivity index (χ2n) is 6.08. The fourth-order valence-electron chi connectivity index (χ4n) is 2.66. The smallest absolute Gasteiger partial charge is 0.349 e. The number of esters is 1. The summed E-state index contributed by atoms with van der Waals surface area (Å²) in [7, 11) is 0. The molecular formula is C22H22N2O4. The highest BCUT2D eigenvalue weighted by Crippen LogP contribution is 2.43. The van der Waals surface area contributed by atoms with Gasteiger partial charge in [-0.25, -0.2) is 4.79 Å². The Hall–Kier alpha value is -3.46. The van der Waals surface area contributed by atoms with E-state index < -0.39 is 5.97 Å². The first kappa shape index (κ1) is 20.8. The number of nitriles is 1. The summed E-state index contributed by atoms with van der Waals surface area (Å²) in [6, 6.07) is 15.3. The van der Waals surface area contributed by atoms with E-state index in [1.54, 1.807) is 0 Å². The van der Waals surface area contributed by atoms with Crippen molar-refractivity contribution in [2.24, 2.45) is 11.1 Å². The summed E-state index contributed by atoms with van der Waals surface area (Å²) in [5.74, 6) is -0.723. The van der Waals surface area contributed by atoms with Gasteiger partial charge in [0.2, 0.25) is 0 Å². The van der Waals surface area contributed by atoms with Crippen LogP contribution in [0.5, 0.6) is 5.75 Å². The molecule has 0 aliphatic heterocycles. The Bertz CT molecular complexity index is 896. The van der Waals surface area contributed by atoms with Crippen molar-refractivity contribution < 1.29 is 14.6 Å². The van der Waals surface area contributed by atoms with Crippen LogP contribution in [0, 0.1) is 22.2 Å². The summed E-state index contributed by atoms with van der Waals surface area (Å²) in [5, 5.41) is 21.5. The Morgan fingerprint density at radius 3 is 2.50 bits per heavy atom. The van der Waals surface area contributed by atoms with Gasteiger partial charge in [0, 0.05) is 5.92 Å². The van der Waals surface area contributed by atoms with Crippen molar-refractivity contribution in [3.05, 3.63) is 70.1 Å². The van der Waals surface area contributed by atoms with Gasteiger partial charge in [-0.3, -0.25) is 0 Å². The van der Waals surface area contributed by atoms with Crippen molar-refractivity contribution in [2.45, 2.75) is 32.8 Å². The van der Waals surface area contributed by atoms with Crippen molar-refractivity contribution in [1.29, 1.82) is 5.26 Å². The van der Waals surface area contributed by atoms with Gasteiger partial charge >= 0.3 is 5.97 Å². The van der Waals surface area contributed by atoms with Gasteiger partial charge in [-0.05, 0) is 47.4 Å². The maximum Gasteiger partial charge on any atom is 0.349 e. The Morgan fingerprint density at radius 1 is 1.25 bits per heavy atom. The summed E-state index contributed by atoms with van der Waals surface area (Å²) < 4.78 is 5.60. The van der Waals surface area contributed by atoms with Crippen LogP contribution in [0.3, 0.4) is 0 Å². The molecule has 0 radical (unpaired) electrons. The number of phenolic OH excluding ortho intramolecular Hbond substituents is 1. The number of carbonyl (C=O) groups excluding carboxylic acids is 1. The molecule has 28 heavy (non-hydrogen) atoms. The Kier molecular flexibility index (Phi) is 7.46. The largest absolute Gasteiger partial charge is 0.506 e. The number of benzene rings is 2. The van der Waals surface area contributed by atoms with Gasteiger partial charge in [0.1, 0.15) is 29.2 Å². The number of carbonyl (C=O) groups is 1. The van der Waals surface area contributed by atoms with Crippen LogP contribution in [0.2, 0.25) is 0 Å². The molecule has 1 aliphatic carbocycles. The quantitative estimate of drug-likeness (QED) is 0.313. The van der Waals surface area contributed by atoms with Crippen molar-refractivity contribution in [3.63, 3.8) is 0 Å². The second kappa shape index (κ2) is 10.0. The number of rotatable bonds is 6. The minimum absolute atomic E-state index is 0.162. The molecule has 0 heterocycles. The minimum atomic E-state index is -0.720. The van der Waals surface area contributed by atoms with Gasteiger partial charge in [-0.1, -0.05) is 50.2 Å². The molecule has 0 amide bonds. The van der Waals surface area contributed by atoms with Gasteiger partial charge in [0.25, 0.3) is 0 Å². The van der Waals surface area contributed by atoms with Crippen molar-refractivity contribution in [3.8, 4) is 11.8 Å². The average Bonchev–Trinajstić information content (AvgIpc) is 3.58. The lowest BCUT2D eigenvalue weighted by Gasteiger charge is -2.17. The van der Waals surface area contributed by atoms with E-state index in [-0.39, 0.29) is 29.0 Å². The summed E-state index contributed by atoms with van der Waals surface area (Å²) >= 11 is 0. The first-order valence-corrected chi connectivity index (χ1v) is 9.16. The zero-order chi connectivity index (χ0) is 20.5. The third-order valence-electron chi connectivity index (χ3n) is 4.16. The van der Waals surface area contributed by atoms with Gasteiger partial charge < -0.3 is 9.84 Å². The van der Waals surface area contributed by atoms with Crippen LogP contribution in [0.25, 0.3) is 6.08 Å². The van der Waals surface area contributed by atoms with E-state index in [0.29, 0.717) is 5.56 Å². The summed E-state index contributed by atoms with van der Waals surface area (Å²) in [4.78, 5) is 23.1. The predicted molar refractivity (Wildman–Crippen MR) is 106 cm³/mol. The highest BCUT2D eigenvalue weighted by molar-refractivity contribution is 5.98. The average molecular weight is 378 g/mol. The van der Waals surface area contributed by atoms with E-state index in [2.05, 4.69) is 5.18 Å². The molecule has 1 saturated carbocycles. The molecule has 1 fully saturated rings. The summed E-state index contributed by atoms with van der Waals surface area (Å²) in [6.07, 6.45) is 2.88. The maximum atomic E-state index is 12.5. The molecule has 0 saturated heterocycles. The number of hydrogen-bond donors (Lipinski definition) is 1. The first-order valence-electron chi connectivity index (χ1n) is 9.16. The number of aromatic hydroxyl groups is 1. The highest BCUT2D eigenvalue weighted by atomic mass is 16.5. The predicted octanol–water partition coefficient (Wildman–Crippen LogP) is 5.42. The standard InChI is InChI=1S/C20H16N2O4.C2H6/c21-12-16(10-13-6-9-18(23)17(11-13)22-25)20(24)26-19(15-7-8-15)14-4-2-1-3-5-14;1-2/h1-6,9-11,15,19,23H,7-8H2;1-2H3/b16-10+;. The monoisotopic (exact) mass is 378 g/mol. The van der Waals surface area contributed by atoms with Crippen molar-refractivity contribution in [2.75, 3.05) is 0 Å². The third-order valence-corrected chi connectivity index (χ3v) is 4.16. The molecule has 1 atom stereocenters. The molecule has 6 nitrogen and oxygen atoms in total. The summed E-state index contributed by atoms with van der Waals surface area (Å²) in [6.45, 7) is 4.00. The SMILES string of the molecule is CC.N#C/C(=C\c1ccc(O)c(N=O)c1)C(=O)OC(c1ccccc1)C1CC1. The molecule has 0 bridgehead atoms. The molecule has 6 heteroatoms. The van der Waals surface area contributed by atoms with Crippen LogP contribution in [-0.4, -0.2) is 11.1 Å². The molecule has 2 aromatic carbocycles. The molecule has 0 spiro atoms. The molecule has 1 aliphatic rings. The number of nitroso groups, excluding NO2 is 1. The normalized spacial score (nSPS) is 14.1. The van der Waals surface area contributed by atoms with Gasteiger partial charge in [0.05, 0.1) is 0 Å². The molecule has 2 aromatic rings. The van der Waals surface area contributed by atoms with Crippen LogP contribution in [0.15, 0.2) is 59.3 Å². The Balaban J connectivity index is 0.00000136. The van der Waals surface area contributed by atoms with E-state index in [0.717, 1.165) is 18.4 Å². The lowest BCUT2D eigenvalue weighted by molar-refractivity contribution is -0.145. The molecule has 1 unspecified atom stereocenters. The molecule has 1 N–H and O–H groups in total. The molecule has 0 aromatic heterocycles. The van der Waals surface area contributed by atoms with E-state index in [1.807, 2.05) is 50.2 Å². The van der Waals surface area contributed by atoms with E-state index in [4.69, 9.17) is 4.74 Å². The lowest BCUT2D eigenvalue weighted by atomic mass is 10.1. The number of phenols is 1. The zero-order valence-electron chi connectivity index (χ0n) is 15.8. The Labute approximate surface area is 164 Å². The van der Waals surface area contributed by atoms with Crippen LogP contribution < -0.4 is 0 Å². The fraction of sp³-hybridized carbons (Fsp3) is 0.273. The molecular weight excluding hydrogens is 356 g/mol. The van der Waals surface area contributed by atoms with E-state index in [1.165, 1.54) is 24.3 Å². The van der Waals surface area contributed by atoms with E-state index in [9.17, 15) is 20.1 Å². The second-order valence-corrected chi connectivity index (χ2v) is 6.08. The van der Waals surface area contributed by atoms with Gasteiger partial charge in [0.15, 0.2) is 0 Å². The number of hydrogen-bond acceptors (Lipinski definition) is 6. The lowest BCUT2D eigenvalue weighted by Crippen LogP contribution is -2.14. The molecule has 144 valence electrons. The van der Waals surface area contributed by atoms with Crippen LogP contribution in [0.4, 0.5) is 5.69 Å². The van der Waals surface area contributed by atoms with Crippen molar-refractivity contribution >= 4 is 17.7 Å². The zero-order valence-corrected chi connectivity index (χ0v) is 15.8. The topological polar surface area (TPSA) is 99.7 Å². The van der Waals surface area contributed by atoms with Gasteiger partial charge in [-0.2, -0.15) is 5.26 Å². The highest BCUT2D eigenvalue weighted by Gasteiger charge is 2.35. The number of ether oxygens (including phenoxy) is 1. The summed E-state index contributed by atoms with van der Waals surface area (Å²) in [5.41, 5.74) is 0.949. The van der Waals surface area contributed by atoms with Gasteiger partial charge in [-0.15, -0.1) is 4.91 Å². The first-order chi connectivity index (χ1) is 13.6. The Morgan fingerprint density at radius 2 is 1.93 bits per heavy atom. The third kappa shape index (κ3) is 5.27. The fourth-order valence-corrected chi connectivity index (χ4v) is 2.66. The van der Waals surface area contributed by atoms with Crippen LogP contribution >= 0.6 is 0 Å².